The van der Waals surface area contributed by atoms with E-state index in [2.05, 4.69) is 48.5 Å². The Hall–Kier alpha value is -2.77. The lowest BCUT2D eigenvalue weighted by atomic mass is 9.77. The zero-order valence-electron chi connectivity index (χ0n) is 53.8. The number of halogens is 2. The number of carbonyl (C=O) groups excluding carboxylic acids is 2. The Morgan fingerprint density at radius 3 is 1.87 bits per heavy atom. The maximum Gasteiger partial charge on any atom is 0.311 e. The molecule has 6 rings (SSSR count). The van der Waals surface area contributed by atoms with Gasteiger partial charge >= 0.3 is 5.97 Å². The molecule has 4 aliphatic rings. The highest BCUT2D eigenvalue weighted by molar-refractivity contribution is 7.90. The highest BCUT2D eigenvalue weighted by Crippen LogP contribution is 2.65. The maximum atomic E-state index is 14.7. The number of cyclic esters (lactones) is 1. The van der Waals surface area contributed by atoms with Crippen molar-refractivity contribution in [3.05, 3.63) is 60.7 Å². The van der Waals surface area contributed by atoms with Gasteiger partial charge in [-0.3, -0.25) is 9.59 Å². The number of carbonyl (C=O) groups is 2. The lowest BCUT2D eigenvalue weighted by molar-refractivity contribution is -0.318. The molecule has 2 aromatic carbocycles. The Balaban J connectivity index is 1.14. The summed E-state index contributed by atoms with van der Waals surface area (Å²) in [4.78, 5) is 32.8. The molecular weight excluding hydrogens is 1110 g/mol. The minimum Gasteiger partial charge on any atom is -0.459 e. The molecule has 1 aliphatic carbocycles. The summed E-state index contributed by atoms with van der Waals surface area (Å²) in [5.41, 5.74) is -4.60. The number of rotatable bonds is 22. The number of aliphatic hydroxyl groups excluding tert-OH is 3. The number of hydrogen-bond acceptors (Lipinski definition) is 14. The van der Waals surface area contributed by atoms with Crippen LogP contribution in [0.15, 0.2) is 60.7 Å². The van der Waals surface area contributed by atoms with Crippen molar-refractivity contribution in [3.63, 3.8) is 0 Å². The molecule has 85 heavy (non-hydrogen) atoms. The summed E-state index contributed by atoms with van der Waals surface area (Å²) in [5.74, 6) is -5.94. The van der Waals surface area contributed by atoms with Crippen LogP contribution >= 0.6 is 7.26 Å². The normalized spacial score (nSPS) is 36.8. The van der Waals surface area contributed by atoms with Gasteiger partial charge in [0.2, 0.25) is 11.8 Å². The third kappa shape index (κ3) is 17.8. The number of benzene rings is 2. The monoisotopic (exact) mass is 1220 g/mol. The quantitative estimate of drug-likeness (QED) is 0.0424. The lowest BCUT2D eigenvalue weighted by Crippen LogP contribution is -2.60. The molecule has 0 bridgehead atoms. The first-order valence-corrected chi connectivity index (χ1v) is 34.3. The second-order valence-electron chi connectivity index (χ2n) is 27.1. The van der Waals surface area contributed by atoms with Crippen LogP contribution in [0.1, 0.15) is 185 Å². The molecule has 484 valence electrons. The second kappa shape index (κ2) is 31.3. The minimum atomic E-state index is -2.59. The molecule has 0 spiro atoms. The molecule has 4 fully saturated rings. The van der Waals surface area contributed by atoms with E-state index >= 15 is 0 Å². The van der Waals surface area contributed by atoms with E-state index in [9.17, 15) is 43.9 Å². The first-order chi connectivity index (χ1) is 40.0. The summed E-state index contributed by atoms with van der Waals surface area (Å²) >= 11 is 0. The molecule has 3 aliphatic heterocycles. The van der Waals surface area contributed by atoms with Crippen LogP contribution in [-0.4, -0.2) is 183 Å². The van der Waals surface area contributed by atoms with Gasteiger partial charge < -0.3 is 63.8 Å². The van der Waals surface area contributed by atoms with Crippen LogP contribution in [0.25, 0.3) is 0 Å². The molecule has 15 nitrogen and oxygen atoms in total. The van der Waals surface area contributed by atoms with E-state index < -0.39 is 115 Å². The molecule has 0 aromatic heterocycles. The van der Waals surface area contributed by atoms with Gasteiger partial charge in [0.05, 0.1) is 77.3 Å². The van der Waals surface area contributed by atoms with Crippen LogP contribution in [0.2, 0.25) is 0 Å². The summed E-state index contributed by atoms with van der Waals surface area (Å²) in [6.45, 7) is 17.3. The van der Waals surface area contributed by atoms with Crippen molar-refractivity contribution >= 4 is 29.7 Å². The predicted octanol–water partition coefficient (Wildman–Crippen LogP) is 9.94. The number of esters is 1. The highest BCUT2D eigenvalue weighted by Gasteiger charge is 2.55. The van der Waals surface area contributed by atoms with Gasteiger partial charge in [-0.25, -0.2) is 8.78 Å². The van der Waals surface area contributed by atoms with Gasteiger partial charge in [0.1, 0.15) is 30.0 Å². The SMILES string of the molecule is CC[C@H]1OC(=O)[C@H](C)[C@H](O[C@H]2C[C@@](C)(OC)[C@@H](O)[C@H](C)O2)[C@@H](C)[C@@H](O[C@@H]2O[C@H](C)C[C@H](N(C)C)[C@H]2O)[C@](C)(O)C[C@@H](C)CN(C(=O)CCCCCCCCCCC[P+](c2ccccc2)(c2ccccc2)C2CCC(F)(F)CC2)[C@H](C)[C@@H](O)[C@@]1(C)O. The minimum absolute atomic E-state index is 0.0440. The van der Waals surface area contributed by atoms with Gasteiger partial charge in [0.25, 0.3) is 0 Å². The Kier molecular flexibility index (Phi) is 26.3. The first kappa shape index (κ1) is 71.3. The largest absolute Gasteiger partial charge is 0.459 e. The summed E-state index contributed by atoms with van der Waals surface area (Å²) < 4.78 is 67.4. The van der Waals surface area contributed by atoms with Gasteiger partial charge in [-0.2, -0.15) is 0 Å². The predicted molar refractivity (Wildman–Crippen MR) is 331 cm³/mol. The van der Waals surface area contributed by atoms with Crippen LogP contribution in [0.5, 0.6) is 0 Å². The number of aliphatic hydroxyl groups is 5. The van der Waals surface area contributed by atoms with Gasteiger partial charge in [-0.1, -0.05) is 95.7 Å². The number of methoxy groups -OCH3 is 1. The zero-order chi connectivity index (χ0) is 62.7. The molecule has 1 saturated carbocycles. The topological polar surface area (TPSA) is 197 Å². The van der Waals surface area contributed by atoms with Crippen LogP contribution in [0, 0.1) is 17.8 Å². The van der Waals surface area contributed by atoms with Crippen molar-refractivity contribution in [3.8, 4) is 0 Å². The van der Waals surface area contributed by atoms with Gasteiger partial charge in [-0.05, 0) is 144 Å². The summed E-state index contributed by atoms with van der Waals surface area (Å²) in [7, 11) is 3.28. The Bertz CT molecular complexity index is 2290. The van der Waals surface area contributed by atoms with Crippen LogP contribution < -0.4 is 10.6 Å². The van der Waals surface area contributed by atoms with Crippen molar-refractivity contribution in [1.82, 2.24) is 9.80 Å². The number of amides is 1. The van der Waals surface area contributed by atoms with Crippen LogP contribution in [0.3, 0.4) is 0 Å². The number of nitrogens with zero attached hydrogens (tertiary/aromatic N) is 2. The molecule has 0 radical (unpaired) electrons. The van der Waals surface area contributed by atoms with Crippen molar-refractivity contribution in [2.24, 2.45) is 17.8 Å². The van der Waals surface area contributed by atoms with E-state index in [1.54, 1.807) is 53.4 Å². The van der Waals surface area contributed by atoms with Gasteiger partial charge in [0, 0.05) is 51.3 Å². The number of hydrogen-bond donors (Lipinski definition) is 5. The summed E-state index contributed by atoms with van der Waals surface area (Å²) in [6.07, 6.45) is 1.31. The molecule has 3 heterocycles. The Labute approximate surface area is 508 Å². The fourth-order valence-electron chi connectivity index (χ4n) is 14.7. The number of unbranched alkanes of at least 4 members (excludes halogenated alkanes) is 8. The van der Waals surface area contributed by atoms with Crippen molar-refractivity contribution in [2.45, 2.75) is 287 Å². The third-order valence-corrected chi connectivity index (χ3v) is 25.1. The molecule has 3 saturated heterocycles. The molecule has 2 aromatic rings. The summed E-state index contributed by atoms with van der Waals surface area (Å²) in [6, 6.07) is 20.1. The Morgan fingerprint density at radius 2 is 1.33 bits per heavy atom. The van der Waals surface area contributed by atoms with Crippen LogP contribution in [-0.2, 0) is 38.0 Å². The summed E-state index contributed by atoms with van der Waals surface area (Å²) in [5, 5.41) is 63.2. The zero-order valence-corrected chi connectivity index (χ0v) is 54.6. The van der Waals surface area contributed by atoms with E-state index in [1.807, 2.05) is 45.0 Å². The second-order valence-corrected chi connectivity index (χ2v) is 31.0. The van der Waals surface area contributed by atoms with Crippen molar-refractivity contribution in [2.75, 3.05) is 33.9 Å². The third-order valence-electron chi connectivity index (χ3n) is 19.9. The van der Waals surface area contributed by atoms with E-state index in [1.165, 1.54) is 24.6 Å². The average Bonchev–Trinajstić information content (AvgIpc) is 3.19. The van der Waals surface area contributed by atoms with Crippen molar-refractivity contribution in [1.29, 1.82) is 0 Å². The fourth-order valence-corrected chi connectivity index (χ4v) is 20.0. The lowest BCUT2D eigenvalue weighted by Gasteiger charge is -2.48. The van der Waals surface area contributed by atoms with E-state index in [-0.39, 0.29) is 68.8 Å². The average molecular weight is 1220 g/mol. The van der Waals surface area contributed by atoms with E-state index in [0.717, 1.165) is 57.5 Å². The van der Waals surface area contributed by atoms with Gasteiger partial charge in [0.15, 0.2) is 12.6 Å². The van der Waals surface area contributed by atoms with E-state index in [0.29, 0.717) is 25.7 Å². The van der Waals surface area contributed by atoms with Crippen molar-refractivity contribution < 1.29 is 72.3 Å². The number of alkyl halides is 2. The Morgan fingerprint density at radius 1 is 0.776 bits per heavy atom. The van der Waals surface area contributed by atoms with Gasteiger partial charge in [-0.15, -0.1) is 0 Å². The number of ether oxygens (including phenoxy) is 6. The molecule has 5 N–H and O–H groups in total. The standard InChI is InChI=1S/C67H110F2N2O13P/c1-14-54-66(10,78)59(74)48(6)71(55(72)34-28-20-18-16-15-17-19-21-29-39-85(50-30-24-22-25-31-50,51-32-26-23-27-33-51)52-35-37-67(68,69)38-36-52)43-44(2)41-64(8,77)61(84-63-57(73)53(70(11)12)40-45(3)80-63)46(4)58(47(5)62(76)82-54)83-56-42-65(9,79-13)60(75)49(7)81-56/h22-27,30-33,44-49,52-54,56-61,63,73-75,77-78H,14-21,28-29,34-43H2,1-13H3/q+1/t44-,45-,46-,47-,48-,49+,53+,54-,56+,57-,58-,59-,60+,61-,63+,64-,65-,66+/m1/s1. The first-order valence-electron chi connectivity index (χ1n) is 32.2. The van der Waals surface area contributed by atoms with E-state index in [4.69, 9.17) is 28.4 Å². The fraction of sp³-hybridized carbons (Fsp3) is 0.791. The van der Waals surface area contributed by atoms with Crippen LogP contribution in [0.4, 0.5) is 8.78 Å². The highest BCUT2D eigenvalue weighted by atomic mass is 31.2. The molecule has 0 unspecified atom stereocenters. The molecule has 18 atom stereocenters. The molecule has 1 amide bonds. The molecule has 18 heteroatoms. The maximum absolute atomic E-state index is 14.7. The molecular formula is C67H110F2N2O13P+. The smallest absolute Gasteiger partial charge is 0.311 e. The number of likely N-dealkylation sites (N-methyl/N-ethyl adjacent to an activating group) is 1.